The zero-order valence-corrected chi connectivity index (χ0v) is 36.3. The minimum Gasteiger partial charge on any atom is -0.394 e. The molecule has 22 fully saturated rings. The van der Waals surface area contributed by atoms with Crippen LogP contribution in [0.1, 0.15) is 0 Å². The maximum atomic E-state index is 11.4. The molecular formula is C36H58N6O28. The Morgan fingerprint density at radius 3 is 0.614 bits per heavy atom. The molecule has 34 nitrogen and oxygen atoms in total. The molecule has 0 spiro atoms. The van der Waals surface area contributed by atoms with E-state index in [2.05, 4.69) is 20.1 Å². The van der Waals surface area contributed by atoms with E-state index >= 15 is 0 Å². The lowest BCUT2D eigenvalue weighted by atomic mass is 9.94. The van der Waals surface area contributed by atoms with Gasteiger partial charge >= 0.3 is 0 Å². The Kier molecular flexibility index (Phi) is 18.8. The van der Waals surface area contributed by atoms with Crippen molar-refractivity contribution in [3.05, 3.63) is 20.9 Å². The third-order valence-electron chi connectivity index (χ3n) is 13.0. The fourth-order valence-electron chi connectivity index (χ4n) is 9.16. The van der Waals surface area contributed by atoms with Crippen molar-refractivity contribution in [3.63, 3.8) is 0 Å². The molecule has 22 rings (SSSR count). The lowest BCUT2D eigenvalue weighted by Gasteiger charge is -2.50. The van der Waals surface area contributed by atoms with Gasteiger partial charge in [-0.25, -0.2) is 0 Å². The monoisotopic (exact) mass is 1020 g/mol. The summed E-state index contributed by atoms with van der Waals surface area (Å²) in [4.78, 5) is 5.27. The minimum absolute atomic E-state index is 0.702. The zero-order chi connectivity index (χ0) is 50.9. The molecule has 0 amide bonds. The van der Waals surface area contributed by atoms with Gasteiger partial charge in [0.25, 0.3) is 0 Å². The van der Waals surface area contributed by atoms with Gasteiger partial charge in [-0.05, 0) is 11.1 Å². The van der Waals surface area contributed by atoms with Crippen molar-refractivity contribution < 1.29 is 139 Å². The lowest BCUT2D eigenvalue weighted by molar-refractivity contribution is -0.402. The van der Waals surface area contributed by atoms with E-state index in [1.165, 1.54) is 0 Å². The summed E-state index contributed by atoms with van der Waals surface area (Å²) in [5, 5.41) is 184. The van der Waals surface area contributed by atoms with Crippen molar-refractivity contribution in [1.29, 1.82) is 0 Å². The summed E-state index contributed by atoms with van der Waals surface area (Å²) in [6.07, 6.45) is -59.3. The summed E-state index contributed by atoms with van der Waals surface area (Å²) in [6.45, 7) is -5.50. The van der Waals surface area contributed by atoms with Crippen LogP contribution in [0.3, 0.4) is 0 Å². The van der Waals surface area contributed by atoms with Crippen molar-refractivity contribution in [2.24, 2.45) is 10.2 Å². The second kappa shape index (κ2) is 23.8. The first-order valence-corrected chi connectivity index (χ1v) is 21.9. The number of ether oxygens (including phenoxy) is 12. The molecule has 70 heavy (non-hydrogen) atoms. The van der Waals surface area contributed by atoms with E-state index in [9.17, 15) is 81.7 Å². The summed E-state index contributed by atoms with van der Waals surface area (Å²) in [7, 11) is 0. The average molecular weight is 1020 g/mol. The van der Waals surface area contributed by atoms with E-state index in [0.717, 1.165) is 0 Å². The Morgan fingerprint density at radius 1 is 0.271 bits per heavy atom. The number of hydrogen-bond donors (Lipinski definition) is 16. The predicted molar refractivity (Wildman–Crippen MR) is 210 cm³/mol. The summed E-state index contributed by atoms with van der Waals surface area (Å²) in [5.41, 5.74) is 18.2. The van der Waals surface area contributed by atoms with Gasteiger partial charge < -0.3 is 139 Å². The SMILES string of the molecule is [N-]=[N+]=NC[C@H]1O[C@@H]2O[C@H]3[C@H](O)[C@@H](O)[C@@H](O[C@H]4[C@H](O)[C@@H](O)[C@@H](O[C@H]5[C@H](O)[C@@H](O)[C@@H](O[C@H]6[C@H](O)[C@@H](O)[C@@H](O[C@H]7[C@H](O)[C@@H](O)[C@@H](O[C@H]1[C@H](O)[C@H]2O)O[C@@H]7CO)O[C@@H]6CO)O[C@@H]5CN=[N+]=[N-])O[C@@H]4CO)O[C@@H]3CO. The van der Waals surface area contributed by atoms with Gasteiger partial charge in [0.15, 0.2) is 37.7 Å². The van der Waals surface area contributed by atoms with Crippen molar-refractivity contribution in [1.82, 2.24) is 0 Å². The first kappa shape index (κ1) is 55.3. The Morgan fingerprint density at radius 2 is 0.443 bits per heavy atom. The van der Waals surface area contributed by atoms with E-state index in [0.29, 0.717) is 0 Å². The molecule has 0 aromatic heterocycles. The van der Waals surface area contributed by atoms with Crippen LogP contribution in [0.5, 0.6) is 0 Å². The van der Waals surface area contributed by atoms with E-state index in [1.807, 2.05) is 0 Å². The molecule has 34 heteroatoms. The van der Waals surface area contributed by atoms with Gasteiger partial charge in [-0.2, -0.15) is 0 Å². The molecule has 0 aromatic carbocycles. The van der Waals surface area contributed by atoms with Gasteiger partial charge in [0.05, 0.1) is 51.7 Å². The fourth-order valence-corrected chi connectivity index (χ4v) is 9.16. The molecule has 30 atom stereocenters. The highest BCUT2D eigenvalue weighted by molar-refractivity contribution is 5.01. The van der Waals surface area contributed by atoms with E-state index in [1.54, 1.807) is 0 Å². The third-order valence-corrected chi connectivity index (χ3v) is 13.0. The van der Waals surface area contributed by atoms with Crippen molar-refractivity contribution in [3.8, 4) is 0 Å². The molecular weight excluding hydrogens is 964 g/mol. The molecule has 0 saturated carbocycles. The molecule has 22 aliphatic heterocycles. The average Bonchev–Trinajstić information content (AvgIpc) is 3.35. The van der Waals surface area contributed by atoms with E-state index in [4.69, 9.17) is 67.9 Å². The summed E-state index contributed by atoms with van der Waals surface area (Å²) in [6, 6.07) is 0. The molecule has 16 N–H and O–H groups in total. The van der Waals surface area contributed by atoms with Gasteiger partial charge in [0.1, 0.15) is 134 Å². The Bertz CT molecular complexity index is 1660. The van der Waals surface area contributed by atoms with Gasteiger partial charge in [0, 0.05) is 9.82 Å². The highest BCUT2D eigenvalue weighted by atomic mass is 16.8. The van der Waals surface area contributed by atoms with Crippen molar-refractivity contribution >= 4 is 0 Å². The molecule has 22 heterocycles. The highest BCUT2D eigenvalue weighted by Crippen LogP contribution is 2.38. The molecule has 0 aliphatic carbocycles. The number of hydrogen-bond acceptors (Lipinski definition) is 30. The minimum atomic E-state index is -2.18. The largest absolute Gasteiger partial charge is 0.394 e. The number of azide groups is 2. The second-order valence-electron chi connectivity index (χ2n) is 17.3. The van der Waals surface area contributed by atoms with Crippen LogP contribution in [-0.2, 0) is 56.8 Å². The number of aliphatic hydroxyl groups is 16. The maximum Gasteiger partial charge on any atom is 0.187 e. The number of aliphatic hydroxyl groups excluding tert-OH is 16. The van der Waals surface area contributed by atoms with Crippen LogP contribution in [0.25, 0.3) is 20.9 Å². The van der Waals surface area contributed by atoms with Crippen LogP contribution >= 0.6 is 0 Å². The molecule has 22 saturated heterocycles. The van der Waals surface area contributed by atoms with Gasteiger partial charge in [-0.1, -0.05) is 10.2 Å². The van der Waals surface area contributed by atoms with Gasteiger partial charge in [0.2, 0.25) is 0 Å². The standard InChI is InChI=1S/C36H58N6O28/c37-41-39-1-7-25-13(47)19(53)31(59-7)67-27-9(3-43)63-35(23(57)17(27)51)70-30-12(6-46)62-34(22(56)16(30)50)66-26-8(2-40-42-38)60-32(20(54)14(26)48)68-28-10(4-44)64-36(24(58)18(28)52)69-29-11(5-45)61-33(65-25)21(55)15(29)49/h7-36,43-58H,1-6H2/t7-,8-,9-,10-,11-,12-,13-,14-,15-,16-,17-,18-,19-,20-,21-,22-,23-,24-,25-,26-,27-,28-,29-,30-,31-,32-,33-,34-,35-,36-/m1/s1. The van der Waals surface area contributed by atoms with Crippen molar-refractivity contribution in [2.75, 3.05) is 39.5 Å². The third kappa shape index (κ3) is 11.0. The van der Waals surface area contributed by atoms with Crippen LogP contribution < -0.4 is 0 Å². The van der Waals surface area contributed by atoms with Crippen LogP contribution in [0.15, 0.2) is 10.2 Å². The lowest BCUT2D eigenvalue weighted by Crippen LogP contribution is -2.69. The Hall–Kier alpha value is -2.50. The second-order valence-corrected chi connectivity index (χ2v) is 17.3. The fraction of sp³-hybridized carbons (Fsp3) is 1.00. The topological polar surface area (TPSA) is 532 Å². The number of rotatable bonds is 8. The highest BCUT2D eigenvalue weighted by Gasteiger charge is 2.58. The van der Waals surface area contributed by atoms with Gasteiger partial charge in [-0.3, -0.25) is 0 Å². The normalized spacial score (nSPS) is 52.5. The number of nitrogens with zero attached hydrogens (tertiary/aromatic N) is 6. The predicted octanol–water partition coefficient (Wildman–Crippen LogP) is -10.4. The van der Waals surface area contributed by atoms with E-state index < -0.39 is 224 Å². The van der Waals surface area contributed by atoms with Gasteiger partial charge in [-0.15, -0.1) is 0 Å². The molecule has 0 unspecified atom stereocenters. The van der Waals surface area contributed by atoms with E-state index in [-0.39, 0.29) is 0 Å². The molecule has 12 bridgehead atoms. The Labute approximate surface area is 393 Å². The van der Waals surface area contributed by atoms with Crippen LogP contribution in [0.4, 0.5) is 0 Å². The molecule has 22 aliphatic rings. The quantitative estimate of drug-likeness (QED) is 0.0610. The maximum absolute atomic E-state index is 11.4. The van der Waals surface area contributed by atoms with Crippen LogP contribution in [0, 0.1) is 0 Å². The smallest absolute Gasteiger partial charge is 0.187 e. The van der Waals surface area contributed by atoms with Crippen LogP contribution in [0.2, 0.25) is 0 Å². The molecule has 0 radical (unpaired) electrons. The molecule has 0 aromatic rings. The van der Waals surface area contributed by atoms with Crippen molar-refractivity contribution in [2.45, 2.75) is 184 Å². The summed E-state index contributed by atoms with van der Waals surface area (Å²) in [5.74, 6) is 0. The van der Waals surface area contributed by atoms with Crippen LogP contribution in [-0.4, -0.2) is 305 Å². The zero-order valence-electron chi connectivity index (χ0n) is 36.3. The first-order chi connectivity index (χ1) is 33.4. The summed E-state index contributed by atoms with van der Waals surface area (Å²) < 4.78 is 68.7. The Balaban J connectivity index is 1.22. The first-order valence-electron chi connectivity index (χ1n) is 21.9. The molecule has 400 valence electrons. The summed E-state index contributed by atoms with van der Waals surface area (Å²) >= 11 is 0.